The second-order valence-electron chi connectivity index (χ2n) is 8.19. The Labute approximate surface area is 112 Å². The third kappa shape index (κ3) is 2.12. The monoisotopic (exact) mass is 251 g/mol. The van der Waals surface area contributed by atoms with Gasteiger partial charge >= 0.3 is 0 Å². The summed E-state index contributed by atoms with van der Waals surface area (Å²) in [6, 6.07) is 0. The van der Waals surface area contributed by atoms with E-state index in [9.17, 15) is 0 Å². The van der Waals surface area contributed by atoms with E-state index in [4.69, 9.17) is 4.74 Å². The van der Waals surface area contributed by atoms with E-state index in [0.29, 0.717) is 22.9 Å². The van der Waals surface area contributed by atoms with Crippen LogP contribution in [0.15, 0.2) is 0 Å². The number of ether oxygens (including phenoxy) is 1. The van der Waals surface area contributed by atoms with Gasteiger partial charge in [0.15, 0.2) is 0 Å². The molecule has 0 radical (unpaired) electrons. The van der Waals surface area contributed by atoms with Gasteiger partial charge in [0, 0.05) is 12.0 Å². The second kappa shape index (κ2) is 3.96. The summed E-state index contributed by atoms with van der Waals surface area (Å²) in [4.78, 5) is 0. The van der Waals surface area contributed by atoms with E-state index in [1.807, 2.05) is 0 Å². The van der Waals surface area contributed by atoms with Gasteiger partial charge in [-0.25, -0.2) is 0 Å². The summed E-state index contributed by atoms with van der Waals surface area (Å²) in [5.41, 5.74) is 0.909. The smallest absolute Gasteiger partial charge is 0.120 e. The molecule has 2 aliphatic carbocycles. The Balaban J connectivity index is 1.78. The largest absolute Gasteiger partial charge is 0.357 e. The lowest BCUT2D eigenvalue weighted by Gasteiger charge is -2.53. The van der Waals surface area contributed by atoms with Crippen LogP contribution in [0.5, 0.6) is 0 Å². The molecule has 3 fully saturated rings. The van der Waals surface area contributed by atoms with E-state index in [0.717, 1.165) is 0 Å². The first-order valence-corrected chi connectivity index (χ1v) is 7.79. The molecule has 3 rings (SSSR count). The molecule has 1 aliphatic heterocycles. The Morgan fingerprint density at radius 1 is 1.11 bits per heavy atom. The summed E-state index contributed by atoms with van der Waals surface area (Å²) in [6.07, 6.45) is 8.24. The van der Waals surface area contributed by atoms with E-state index in [-0.39, 0.29) is 5.72 Å². The van der Waals surface area contributed by atoms with E-state index >= 15 is 0 Å². The van der Waals surface area contributed by atoms with Crippen molar-refractivity contribution in [1.82, 2.24) is 5.32 Å². The van der Waals surface area contributed by atoms with Crippen molar-refractivity contribution in [3.05, 3.63) is 0 Å². The molecule has 0 aromatic carbocycles. The Bertz CT molecular complexity index is 332. The Hall–Kier alpha value is -0.0800. The molecule has 2 unspecified atom stereocenters. The van der Waals surface area contributed by atoms with E-state index in [1.54, 1.807) is 0 Å². The summed E-state index contributed by atoms with van der Waals surface area (Å²) in [6.45, 7) is 10.6. The number of nitrogens with one attached hydrogen (secondary N) is 1. The van der Waals surface area contributed by atoms with Crippen LogP contribution in [0.3, 0.4) is 0 Å². The van der Waals surface area contributed by atoms with Gasteiger partial charge in [0.2, 0.25) is 0 Å². The Kier molecular flexibility index (Phi) is 2.84. The summed E-state index contributed by atoms with van der Waals surface area (Å²) in [5.74, 6) is 0.650. The van der Waals surface area contributed by atoms with Crippen molar-refractivity contribution in [2.45, 2.75) is 78.0 Å². The number of hydrogen-bond donors (Lipinski definition) is 1. The van der Waals surface area contributed by atoms with Crippen molar-refractivity contribution >= 4 is 0 Å². The fraction of sp³-hybridized carbons (Fsp3) is 1.00. The molecule has 1 heterocycles. The predicted molar refractivity (Wildman–Crippen MR) is 74.4 cm³/mol. The summed E-state index contributed by atoms with van der Waals surface area (Å²) < 4.78 is 6.68. The molecule has 2 heteroatoms. The molecule has 3 aliphatic rings. The predicted octanol–water partition coefficient (Wildman–Crippen LogP) is 3.71. The molecular weight excluding hydrogens is 222 g/mol. The maximum absolute atomic E-state index is 6.68. The Morgan fingerprint density at radius 2 is 1.83 bits per heavy atom. The topological polar surface area (TPSA) is 21.3 Å². The van der Waals surface area contributed by atoms with Gasteiger partial charge < -0.3 is 4.74 Å². The van der Waals surface area contributed by atoms with Crippen LogP contribution < -0.4 is 5.32 Å². The molecule has 2 nitrogen and oxygen atoms in total. The van der Waals surface area contributed by atoms with Crippen molar-refractivity contribution in [2.24, 2.45) is 16.7 Å². The zero-order valence-electron chi connectivity index (χ0n) is 12.5. The molecule has 0 amide bonds. The van der Waals surface area contributed by atoms with Crippen LogP contribution in [0.25, 0.3) is 0 Å². The molecule has 0 aromatic heterocycles. The van der Waals surface area contributed by atoms with Crippen LogP contribution in [0.2, 0.25) is 0 Å². The average molecular weight is 251 g/mol. The average Bonchev–Trinajstić information content (AvgIpc) is 3.02. The van der Waals surface area contributed by atoms with E-state index in [1.165, 1.54) is 45.1 Å². The maximum Gasteiger partial charge on any atom is 0.120 e. The van der Waals surface area contributed by atoms with Crippen molar-refractivity contribution in [2.75, 3.05) is 6.54 Å². The van der Waals surface area contributed by atoms with Crippen molar-refractivity contribution in [3.8, 4) is 0 Å². The van der Waals surface area contributed by atoms with Crippen LogP contribution in [0, 0.1) is 16.7 Å². The van der Waals surface area contributed by atoms with Crippen molar-refractivity contribution in [3.63, 3.8) is 0 Å². The molecule has 2 saturated carbocycles. The van der Waals surface area contributed by atoms with Crippen LogP contribution in [-0.4, -0.2) is 18.4 Å². The minimum absolute atomic E-state index is 0.00940. The van der Waals surface area contributed by atoms with Gasteiger partial charge in [-0.15, -0.1) is 0 Å². The first-order valence-electron chi connectivity index (χ1n) is 7.79. The third-order valence-electron chi connectivity index (χ3n) is 5.41. The zero-order valence-corrected chi connectivity index (χ0v) is 12.5. The fourth-order valence-electron chi connectivity index (χ4n) is 4.37. The normalized spacial score (nSPS) is 41.5. The molecule has 0 aromatic rings. The lowest BCUT2D eigenvalue weighted by Crippen LogP contribution is -2.62. The van der Waals surface area contributed by atoms with Crippen LogP contribution in [0.4, 0.5) is 0 Å². The standard InChI is InChI=1S/C16H29NO/c1-12(2)13-15(8-9-15)11-17-16(18-13)7-5-6-14(3,4)10-16/h12-13,17H,5-11H2,1-4H3. The molecule has 2 atom stereocenters. The molecule has 1 N–H and O–H groups in total. The van der Waals surface area contributed by atoms with Crippen molar-refractivity contribution in [1.29, 1.82) is 0 Å². The SMILES string of the molecule is CC(C)C1OC2(CCCC(C)(C)C2)NCC12CC2. The highest BCUT2D eigenvalue weighted by Gasteiger charge is 2.58. The lowest BCUT2D eigenvalue weighted by molar-refractivity contribution is -0.214. The fourth-order valence-corrected chi connectivity index (χ4v) is 4.37. The van der Waals surface area contributed by atoms with E-state index in [2.05, 4.69) is 33.0 Å². The van der Waals surface area contributed by atoms with Crippen LogP contribution >= 0.6 is 0 Å². The minimum Gasteiger partial charge on any atom is -0.357 e. The zero-order chi connectivity index (χ0) is 13.0. The number of rotatable bonds is 1. The highest BCUT2D eigenvalue weighted by molar-refractivity contribution is 5.08. The van der Waals surface area contributed by atoms with Gasteiger partial charge in [-0.2, -0.15) is 0 Å². The van der Waals surface area contributed by atoms with Crippen molar-refractivity contribution < 1.29 is 4.74 Å². The maximum atomic E-state index is 6.68. The van der Waals surface area contributed by atoms with E-state index < -0.39 is 0 Å². The summed E-state index contributed by atoms with van der Waals surface area (Å²) >= 11 is 0. The Morgan fingerprint density at radius 3 is 2.39 bits per heavy atom. The quantitative estimate of drug-likeness (QED) is 0.767. The first kappa shape index (κ1) is 12.9. The number of hydrogen-bond acceptors (Lipinski definition) is 2. The highest BCUT2D eigenvalue weighted by Crippen LogP contribution is 2.56. The summed E-state index contributed by atoms with van der Waals surface area (Å²) in [7, 11) is 0. The van der Waals surface area contributed by atoms with Gasteiger partial charge in [0.05, 0.1) is 6.10 Å². The van der Waals surface area contributed by atoms with Gasteiger partial charge in [0.25, 0.3) is 0 Å². The van der Waals surface area contributed by atoms with Gasteiger partial charge in [-0.05, 0) is 49.9 Å². The molecule has 1 saturated heterocycles. The molecule has 18 heavy (non-hydrogen) atoms. The van der Waals surface area contributed by atoms with Gasteiger partial charge in [0.1, 0.15) is 5.72 Å². The lowest BCUT2D eigenvalue weighted by atomic mass is 9.71. The van der Waals surface area contributed by atoms with Gasteiger partial charge in [-0.1, -0.05) is 27.7 Å². The second-order valence-corrected chi connectivity index (χ2v) is 8.19. The van der Waals surface area contributed by atoms with Crippen LogP contribution in [0.1, 0.15) is 66.2 Å². The summed E-state index contributed by atoms with van der Waals surface area (Å²) in [5, 5.41) is 3.81. The van der Waals surface area contributed by atoms with Gasteiger partial charge in [-0.3, -0.25) is 5.32 Å². The highest BCUT2D eigenvalue weighted by atomic mass is 16.5. The molecule has 2 spiro atoms. The molecule has 0 bridgehead atoms. The molecule has 104 valence electrons. The minimum atomic E-state index is -0.00940. The van der Waals surface area contributed by atoms with Crippen LogP contribution in [-0.2, 0) is 4.74 Å². The first-order chi connectivity index (χ1) is 8.37. The molecular formula is C16H29NO. The third-order valence-corrected chi connectivity index (χ3v) is 5.41.